The number of morpholine rings is 1. The summed E-state index contributed by atoms with van der Waals surface area (Å²) in [6.07, 6.45) is -0.0251. The molecule has 1 fully saturated rings. The number of anilines is 1. The average Bonchev–Trinajstić information content (AvgIpc) is 2.44. The predicted octanol–water partition coefficient (Wildman–Crippen LogP) is 2.31. The summed E-state index contributed by atoms with van der Waals surface area (Å²) in [4.78, 5) is 11.7. The average molecular weight is 278 g/mol. The first-order valence-electron chi connectivity index (χ1n) is 7.47. The van der Waals surface area contributed by atoms with Gasteiger partial charge in [0.1, 0.15) is 11.9 Å². The maximum Gasteiger partial charge on any atom is 0.161 e. The zero-order valence-electron chi connectivity index (χ0n) is 13.2. The van der Waals surface area contributed by atoms with E-state index in [1.54, 1.807) is 0 Å². The second-order valence-corrected chi connectivity index (χ2v) is 5.62. The van der Waals surface area contributed by atoms with Gasteiger partial charge in [-0.15, -0.1) is 0 Å². The van der Waals surface area contributed by atoms with Gasteiger partial charge in [0.15, 0.2) is 5.82 Å². The minimum absolute atomic E-state index is 0.0251. The van der Waals surface area contributed by atoms with Crippen LogP contribution in [-0.4, -0.2) is 47.2 Å². The van der Waals surface area contributed by atoms with E-state index < -0.39 is 0 Å². The van der Waals surface area contributed by atoms with Crippen LogP contribution in [0.2, 0.25) is 0 Å². The van der Waals surface area contributed by atoms with Crippen molar-refractivity contribution < 1.29 is 4.74 Å². The molecule has 1 aliphatic rings. The Hall–Kier alpha value is -1.20. The molecule has 0 amide bonds. The van der Waals surface area contributed by atoms with Crippen LogP contribution < -0.4 is 5.32 Å². The molecule has 2 rings (SSSR count). The normalized spacial score (nSPS) is 20.4. The van der Waals surface area contributed by atoms with Crippen LogP contribution in [0.25, 0.3) is 0 Å². The summed E-state index contributed by atoms with van der Waals surface area (Å²) in [6, 6.07) is 0.529. The summed E-state index contributed by atoms with van der Waals surface area (Å²) in [7, 11) is 0. The minimum Gasteiger partial charge on any atom is -0.370 e. The van der Waals surface area contributed by atoms with Crippen molar-refractivity contribution in [1.29, 1.82) is 0 Å². The van der Waals surface area contributed by atoms with Gasteiger partial charge in [0.2, 0.25) is 0 Å². The van der Waals surface area contributed by atoms with E-state index in [4.69, 9.17) is 4.74 Å². The fraction of sp³-hybridized carbons (Fsp3) is 0.733. The number of hydrogen-bond donors (Lipinski definition) is 1. The fourth-order valence-electron chi connectivity index (χ4n) is 2.43. The third kappa shape index (κ3) is 3.27. The van der Waals surface area contributed by atoms with Gasteiger partial charge in [-0.1, -0.05) is 0 Å². The summed E-state index contributed by atoms with van der Waals surface area (Å²) >= 11 is 0. The van der Waals surface area contributed by atoms with Crippen molar-refractivity contribution >= 4 is 5.82 Å². The zero-order valence-corrected chi connectivity index (χ0v) is 13.2. The van der Waals surface area contributed by atoms with Crippen molar-refractivity contribution in [2.24, 2.45) is 0 Å². The van der Waals surface area contributed by atoms with Crippen LogP contribution in [0.5, 0.6) is 0 Å². The van der Waals surface area contributed by atoms with Gasteiger partial charge in [-0.05, 0) is 34.6 Å². The molecule has 0 saturated carbocycles. The van der Waals surface area contributed by atoms with Gasteiger partial charge in [0, 0.05) is 36.9 Å². The smallest absolute Gasteiger partial charge is 0.161 e. The van der Waals surface area contributed by atoms with Crippen LogP contribution >= 0.6 is 0 Å². The number of rotatable bonds is 4. The lowest BCUT2D eigenvalue weighted by Gasteiger charge is -2.35. The molecular formula is C15H26N4O. The van der Waals surface area contributed by atoms with Gasteiger partial charge in [0.25, 0.3) is 0 Å². The molecule has 0 radical (unpaired) electrons. The highest BCUT2D eigenvalue weighted by molar-refractivity contribution is 5.45. The second kappa shape index (κ2) is 6.50. The molecular weight excluding hydrogens is 252 g/mol. The molecule has 20 heavy (non-hydrogen) atoms. The van der Waals surface area contributed by atoms with E-state index in [-0.39, 0.29) is 6.10 Å². The lowest BCUT2D eigenvalue weighted by molar-refractivity contribution is -0.0442. The van der Waals surface area contributed by atoms with Gasteiger partial charge in [-0.25, -0.2) is 9.97 Å². The second-order valence-electron chi connectivity index (χ2n) is 5.62. The third-order valence-electron chi connectivity index (χ3n) is 3.87. The van der Waals surface area contributed by atoms with E-state index in [9.17, 15) is 0 Å². The van der Waals surface area contributed by atoms with Crippen LogP contribution in [0, 0.1) is 13.8 Å². The minimum atomic E-state index is -0.0251. The molecule has 1 aromatic heterocycles. The molecule has 2 heterocycles. The van der Waals surface area contributed by atoms with Crippen molar-refractivity contribution in [2.75, 3.05) is 31.6 Å². The Labute approximate surface area is 121 Å². The van der Waals surface area contributed by atoms with Crippen LogP contribution in [0.1, 0.15) is 44.0 Å². The highest BCUT2D eigenvalue weighted by Crippen LogP contribution is 2.24. The first kappa shape index (κ1) is 15.2. The van der Waals surface area contributed by atoms with E-state index >= 15 is 0 Å². The van der Waals surface area contributed by atoms with Crippen LogP contribution in [0.3, 0.4) is 0 Å². The molecule has 1 atom stereocenters. The Balaban J connectivity index is 2.23. The van der Waals surface area contributed by atoms with E-state index in [1.165, 1.54) is 0 Å². The molecule has 5 heteroatoms. The Morgan fingerprint density at radius 1 is 1.35 bits per heavy atom. The lowest BCUT2D eigenvalue weighted by Crippen LogP contribution is -2.42. The standard InChI is InChI=1S/C15H26N4O/c1-6-16-14-11(4)12(5)17-15(18-14)13-9-19(10(2)3)7-8-20-13/h10,13H,6-9H2,1-5H3,(H,16,17,18). The van der Waals surface area contributed by atoms with Crippen LogP contribution in [0.4, 0.5) is 5.82 Å². The fourth-order valence-corrected chi connectivity index (χ4v) is 2.43. The zero-order chi connectivity index (χ0) is 14.7. The van der Waals surface area contributed by atoms with E-state index in [2.05, 4.69) is 47.9 Å². The summed E-state index contributed by atoms with van der Waals surface area (Å²) in [5, 5.41) is 3.31. The lowest BCUT2D eigenvalue weighted by atomic mass is 10.2. The van der Waals surface area contributed by atoms with Crippen molar-refractivity contribution in [3.8, 4) is 0 Å². The number of nitrogens with zero attached hydrogens (tertiary/aromatic N) is 3. The number of aryl methyl sites for hydroxylation is 1. The summed E-state index contributed by atoms with van der Waals surface area (Å²) in [5.74, 6) is 1.73. The molecule has 0 bridgehead atoms. The first-order chi connectivity index (χ1) is 9.52. The molecule has 112 valence electrons. The van der Waals surface area contributed by atoms with Gasteiger partial charge in [-0.2, -0.15) is 0 Å². The van der Waals surface area contributed by atoms with Gasteiger partial charge in [-0.3, -0.25) is 4.90 Å². The maximum absolute atomic E-state index is 5.88. The largest absolute Gasteiger partial charge is 0.370 e. The van der Waals surface area contributed by atoms with Gasteiger partial charge < -0.3 is 10.1 Å². The van der Waals surface area contributed by atoms with Crippen molar-refractivity contribution in [1.82, 2.24) is 14.9 Å². The Morgan fingerprint density at radius 2 is 2.10 bits per heavy atom. The molecule has 1 aromatic rings. The maximum atomic E-state index is 5.88. The van der Waals surface area contributed by atoms with E-state index in [0.29, 0.717) is 6.04 Å². The molecule has 0 aromatic carbocycles. The molecule has 0 spiro atoms. The van der Waals surface area contributed by atoms with Crippen molar-refractivity contribution in [3.05, 3.63) is 17.1 Å². The van der Waals surface area contributed by atoms with Crippen molar-refractivity contribution in [2.45, 2.75) is 46.8 Å². The predicted molar refractivity (Wildman–Crippen MR) is 81.1 cm³/mol. The summed E-state index contributed by atoms with van der Waals surface area (Å²) < 4.78 is 5.88. The molecule has 1 N–H and O–H groups in total. The molecule has 1 aliphatic heterocycles. The number of hydrogen-bond acceptors (Lipinski definition) is 5. The van der Waals surface area contributed by atoms with E-state index in [0.717, 1.165) is 49.1 Å². The Morgan fingerprint density at radius 3 is 2.75 bits per heavy atom. The van der Waals surface area contributed by atoms with Crippen LogP contribution in [-0.2, 0) is 4.74 Å². The Bertz CT molecular complexity index is 461. The number of ether oxygens (including phenoxy) is 1. The molecule has 1 saturated heterocycles. The van der Waals surface area contributed by atoms with Gasteiger partial charge in [0.05, 0.1) is 6.61 Å². The summed E-state index contributed by atoms with van der Waals surface area (Å²) in [5.41, 5.74) is 2.14. The third-order valence-corrected chi connectivity index (χ3v) is 3.87. The quantitative estimate of drug-likeness (QED) is 0.916. The molecule has 1 unspecified atom stereocenters. The Kier molecular flexibility index (Phi) is 4.94. The number of aromatic nitrogens is 2. The topological polar surface area (TPSA) is 50.3 Å². The van der Waals surface area contributed by atoms with E-state index in [1.807, 2.05) is 6.92 Å². The van der Waals surface area contributed by atoms with Gasteiger partial charge >= 0.3 is 0 Å². The molecule has 5 nitrogen and oxygen atoms in total. The highest BCUT2D eigenvalue weighted by atomic mass is 16.5. The monoisotopic (exact) mass is 278 g/mol. The SMILES string of the molecule is CCNc1nc(C2CN(C(C)C)CCO2)nc(C)c1C. The number of nitrogens with one attached hydrogen (secondary N) is 1. The van der Waals surface area contributed by atoms with Crippen LogP contribution in [0.15, 0.2) is 0 Å². The highest BCUT2D eigenvalue weighted by Gasteiger charge is 2.26. The van der Waals surface area contributed by atoms with Crippen molar-refractivity contribution in [3.63, 3.8) is 0 Å². The molecule has 0 aliphatic carbocycles. The summed E-state index contributed by atoms with van der Waals surface area (Å²) in [6.45, 7) is 14.1. The first-order valence-corrected chi connectivity index (χ1v) is 7.47.